The molecule has 8 nitrogen and oxygen atoms in total. The lowest BCUT2D eigenvalue weighted by atomic mass is 9.97. The zero-order chi connectivity index (χ0) is 15.6. The van der Waals surface area contributed by atoms with E-state index >= 15 is 0 Å². The first-order chi connectivity index (χ1) is 9.90. The number of carbonyl (C=O) groups excluding carboxylic acids is 1. The molecule has 0 aliphatic carbocycles. The molecule has 0 atom stereocenters. The number of carbonyl (C=O) groups is 1. The van der Waals surface area contributed by atoms with E-state index in [0.717, 1.165) is 0 Å². The minimum absolute atomic E-state index is 0.0188. The van der Waals surface area contributed by atoms with Crippen molar-refractivity contribution in [3.63, 3.8) is 0 Å². The van der Waals surface area contributed by atoms with Crippen LogP contribution in [-0.4, -0.2) is 48.5 Å². The number of rotatable bonds is 4. The van der Waals surface area contributed by atoms with Gasteiger partial charge in [0.15, 0.2) is 5.82 Å². The predicted octanol–water partition coefficient (Wildman–Crippen LogP) is -0.368. The number of nitrogens with zero attached hydrogens (tertiary/aromatic N) is 3. The second-order valence-electron chi connectivity index (χ2n) is 5.03. The number of anilines is 1. The van der Waals surface area contributed by atoms with Crippen LogP contribution in [0.5, 0.6) is 0 Å². The topological polar surface area (TPSA) is 110 Å². The van der Waals surface area contributed by atoms with Gasteiger partial charge in [-0.3, -0.25) is 9.48 Å². The molecule has 0 saturated carbocycles. The van der Waals surface area contributed by atoms with E-state index in [1.165, 1.54) is 15.2 Å². The summed E-state index contributed by atoms with van der Waals surface area (Å²) in [6, 6.07) is 0. The Balaban J connectivity index is 2.14. The Morgan fingerprint density at radius 2 is 2.10 bits per heavy atom. The van der Waals surface area contributed by atoms with Crippen LogP contribution in [-0.2, 0) is 21.4 Å². The molecule has 1 aromatic heterocycles. The van der Waals surface area contributed by atoms with Gasteiger partial charge in [-0.25, -0.2) is 8.42 Å². The summed E-state index contributed by atoms with van der Waals surface area (Å²) in [5, 5.41) is 6.57. The monoisotopic (exact) mass is 315 g/mol. The van der Waals surface area contributed by atoms with Gasteiger partial charge in [0.1, 0.15) is 4.90 Å². The van der Waals surface area contributed by atoms with E-state index < -0.39 is 10.0 Å². The van der Waals surface area contributed by atoms with Gasteiger partial charge in [-0.15, -0.1) is 0 Å². The first-order valence-corrected chi connectivity index (χ1v) is 8.38. The van der Waals surface area contributed by atoms with Crippen molar-refractivity contribution in [2.75, 3.05) is 25.9 Å². The largest absolute Gasteiger partial charge is 0.381 e. The normalized spacial score (nSPS) is 17.8. The van der Waals surface area contributed by atoms with Crippen molar-refractivity contribution >= 4 is 21.7 Å². The number of aromatic nitrogens is 2. The molecular formula is C12H21N5O3S. The van der Waals surface area contributed by atoms with Gasteiger partial charge in [-0.05, 0) is 19.8 Å². The second kappa shape index (κ2) is 6.02. The molecule has 0 aromatic carbocycles. The second-order valence-corrected chi connectivity index (χ2v) is 6.93. The molecule has 1 aromatic rings. The molecule has 0 unspecified atom stereocenters. The highest BCUT2D eigenvalue weighted by atomic mass is 32.2. The highest BCUT2D eigenvalue weighted by Crippen LogP contribution is 2.26. The van der Waals surface area contributed by atoms with E-state index in [2.05, 4.69) is 10.4 Å². The van der Waals surface area contributed by atoms with Crippen LogP contribution in [0.4, 0.5) is 5.82 Å². The number of aryl methyl sites for hydroxylation is 1. The summed E-state index contributed by atoms with van der Waals surface area (Å²) in [5.41, 5.74) is 5.70. The number of nitrogen functional groups attached to an aromatic ring is 1. The first-order valence-electron chi connectivity index (χ1n) is 6.94. The van der Waals surface area contributed by atoms with Crippen molar-refractivity contribution in [1.82, 2.24) is 19.4 Å². The summed E-state index contributed by atoms with van der Waals surface area (Å²) >= 11 is 0. The Bertz CT molecular complexity index is 617. The lowest BCUT2D eigenvalue weighted by Crippen LogP contribution is -2.42. The third-order valence-electron chi connectivity index (χ3n) is 3.77. The minimum atomic E-state index is -3.64. The summed E-state index contributed by atoms with van der Waals surface area (Å²) in [6.07, 6.45) is 2.48. The van der Waals surface area contributed by atoms with Gasteiger partial charge in [0.25, 0.3) is 0 Å². The standard InChI is InChI=1S/C12H21N5O3S/c1-3-16-8-10(11(13)15-16)21(19,20)17-6-4-9(5-7-17)12(18)14-2/h8-9H,3-7H2,1-2H3,(H2,13,15)(H,14,18). The molecule has 1 aliphatic heterocycles. The molecule has 2 heterocycles. The summed E-state index contributed by atoms with van der Waals surface area (Å²) in [5.74, 6) is -0.146. The number of sulfonamides is 1. The molecule has 0 radical (unpaired) electrons. The molecule has 1 saturated heterocycles. The molecule has 1 amide bonds. The third kappa shape index (κ3) is 3.03. The fourth-order valence-corrected chi connectivity index (χ4v) is 4.01. The molecule has 0 bridgehead atoms. The van der Waals surface area contributed by atoms with Crippen LogP contribution in [0.25, 0.3) is 0 Å². The van der Waals surface area contributed by atoms with Gasteiger partial charge >= 0.3 is 0 Å². The Labute approximate surface area is 124 Å². The van der Waals surface area contributed by atoms with E-state index in [0.29, 0.717) is 32.5 Å². The maximum absolute atomic E-state index is 12.6. The lowest BCUT2D eigenvalue weighted by molar-refractivity contribution is -0.125. The van der Waals surface area contributed by atoms with Crippen molar-refractivity contribution < 1.29 is 13.2 Å². The minimum Gasteiger partial charge on any atom is -0.381 e. The van der Waals surface area contributed by atoms with Crippen LogP contribution in [0, 0.1) is 5.92 Å². The van der Waals surface area contributed by atoms with Gasteiger partial charge in [-0.2, -0.15) is 9.40 Å². The Hall–Kier alpha value is -1.61. The van der Waals surface area contributed by atoms with Crippen molar-refractivity contribution in [3.8, 4) is 0 Å². The molecule has 2 rings (SSSR count). The summed E-state index contributed by atoms with van der Waals surface area (Å²) < 4.78 is 28.0. The van der Waals surface area contributed by atoms with Crippen molar-refractivity contribution in [2.45, 2.75) is 31.2 Å². The Morgan fingerprint density at radius 1 is 1.48 bits per heavy atom. The van der Waals surface area contributed by atoms with E-state index in [9.17, 15) is 13.2 Å². The van der Waals surface area contributed by atoms with Crippen molar-refractivity contribution in [1.29, 1.82) is 0 Å². The summed E-state index contributed by atoms with van der Waals surface area (Å²) in [4.78, 5) is 11.6. The quantitative estimate of drug-likeness (QED) is 0.788. The number of piperidine rings is 1. The van der Waals surface area contributed by atoms with Gasteiger partial charge in [0, 0.05) is 38.8 Å². The number of hydrogen-bond acceptors (Lipinski definition) is 5. The van der Waals surface area contributed by atoms with Crippen LogP contribution in [0.1, 0.15) is 19.8 Å². The van der Waals surface area contributed by atoms with Crippen molar-refractivity contribution in [3.05, 3.63) is 6.20 Å². The molecule has 118 valence electrons. The number of amides is 1. The van der Waals surface area contributed by atoms with Gasteiger partial charge in [-0.1, -0.05) is 0 Å². The van der Waals surface area contributed by atoms with E-state index in [1.54, 1.807) is 7.05 Å². The van der Waals surface area contributed by atoms with Crippen LogP contribution in [0.2, 0.25) is 0 Å². The molecule has 3 N–H and O–H groups in total. The zero-order valence-corrected chi connectivity index (χ0v) is 13.1. The fraction of sp³-hybridized carbons (Fsp3) is 0.667. The number of nitrogens with one attached hydrogen (secondary N) is 1. The average Bonchev–Trinajstić information content (AvgIpc) is 2.88. The average molecular weight is 315 g/mol. The van der Waals surface area contributed by atoms with Crippen molar-refractivity contribution in [2.24, 2.45) is 5.92 Å². The van der Waals surface area contributed by atoms with Gasteiger partial charge in [0.2, 0.25) is 15.9 Å². The fourth-order valence-electron chi connectivity index (χ4n) is 2.48. The van der Waals surface area contributed by atoms with E-state index in [-0.39, 0.29) is 22.5 Å². The number of hydrogen-bond donors (Lipinski definition) is 2. The van der Waals surface area contributed by atoms with Gasteiger partial charge < -0.3 is 11.1 Å². The Morgan fingerprint density at radius 3 is 2.57 bits per heavy atom. The SMILES string of the molecule is CCn1cc(S(=O)(=O)N2CCC(C(=O)NC)CC2)c(N)n1. The van der Waals surface area contributed by atoms with Crippen LogP contribution in [0.15, 0.2) is 11.1 Å². The highest BCUT2D eigenvalue weighted by Gasteiger charge is 2.33. The Kier molecular flexibility index (Phi) is 4.52. The molecule has 21 heavy (non-hydrogen) atoms. The van der Waals surface area contributed by atoms with E-state index in [4.69, 9.17) is 5.73 Å². The van der Waals surface area contributed by atoms with Crippen LogP contribution >= 0.6 is 0 Å². The van der Waals surface area contributed by atoms with Gasteiger partial charge in [0.05, 0.1) is 0 Å². The highest BCUT2D eigenvalue weighted by molar-refractivity contribution is 7.89. The van der Waals surface area contributed by atoms with E-state index in [1.807, 2.05) is 6.92 Å². The number of nitrogens with two attached hydrogens (primary N) is 1. The molecule has 1 aliphatic rings. The summed E-state index contributed by atoms with van der Waals surface area (Å²) in [6.45, 7) is 3.05. The maximum Gasteiger partial charge on any atom is 0.248 e. The summed E-state index contributed by atoms with van der Waals surface area (Å²) in [7, 11) is -2.06. The maximum atomic E-state index is 12.6. The molecule has 0 spiro atoms. The first kappa shape index (κ1) is 15.8. The molecular weight excluding hydrogens is 294 g/mol. The zero-order valence-electron chi connectivity index (χ0n) is 12.2. The smallest absolute Gasteiger partial charge is 0.248 e. The molecule has 1 fully saturated rings. The lowest BCUT2D eigenvalue weighted by Gasteiger charge is -2.29. The van der Waals surface area contributed by atoms with Crippen LogP contribution in [0.3, 0.4) is 0 Å². The van der Waals surface area contributed by atoms with Crippen LogP contribution < -0.4 is 11.1 Å². The third-order valence-corrected chi connectivity index (χ3v) is 5.68. The predicted molar refractivity (Wildman–Crippen MR) is 77.9 cm³/mol. The molecule has 9 heteroatoms.